The Bertz CT molecular complexity index is 957. The fraction of sp³-hybridized carbons (Fsp3) is 0.409. The molecule has 0 bridgehead atoms. The van der Waals surface area contributed by atoms with Gasteiger partial charge in [-0.1, -0.05) is 31.2 Å². The van der Waals surface area contributed by atoms with Crippen molar-refractivity contribution in [2.75, 3.05) is 11.1 Å². The van der Waals surface area contributed by atoms with Gasteiger partial charge in [-0.3, -0.25) is 0 Å². The van der Waals surface area contributed by atoms with Crippen LogP contribution in [0.15, 0.2) is 42.5 Å². The number of rotatable bonds is 8. The lowest BCUT2D eigenvalue weighted by Gasteiger charge is -2.29. The molecule has 0 aliphatic heterocycles. The zero-order valence-corrected chi connectivity index (χ0v) is 18.5. The fourth-order valence-electron chi connectivity index (χ4n) is 2.82. The van der Waals surface area contributed by atoms with Crippen LogP contribution in [0.1, 0.15) is 43.9 Å². The molecule has 0 heterocycles. The number of hydrogen-bond donors (Lipinski definition) is 1. The van der Waals surface area contributed by atoms with E-state index in [4.69, 9.17) is 4.18 Å². The normalized spacial score (nSPS) is 12.3. The van der Waals surface area contributed by atoms with Crippen LogP contribution in [0.5, 0.6) is 5.75 Å². The summed E-state index contributed by atoms with van der Waals surface area (Å²) < 4.78 is 28.6. The predicted octanol–water partition coefficient (Wildman–Crippen LogP) is 4.86. The third kappa shape index (κ3) is 6.22. The molecule has 1 atom stereocenters. The molecule has 29 heavy (non-hydrogen) atoms. The van der Waals surface area contributed by atoms with Crippen LogP contribution < -0.4 is 9.50 Å². The minimum Gasteiger partial charge on any atom is -0.382 e. The molecule has 0 aromatic heterocycles. The van der Waals surface area contributed by atoms with Crippen LogP contribution in [0.4, 0.5) is 10.5 Å². The van der Waals surface area contributed by atoms with Gasteiger partial charge in [0.1, 0.15) is 5.75 Å². The first-order valence-electron chi connectivity index (χ1n) is 9.81. The molecule has 0 radical (unpaired) electrons. The van der Waals surface area contributed by atoms with E-state index in [-0.39, 0.29) is 23.6 Å². The van der Waals surface area contributed by atoms with E-state index in [1.807, 2.05) is 52.0 Å². The summed E-state index contributed by atoms with van der Waals surface area (Å²) in [4.78, 5) is 14.8. The highest BCUT2D eigenvalue weighted by molar-refractivity contribution is 7.87. The van der Waals surface area contributed by atoms with Gasteiger partial charge in [-0.05, 0) is 69.0 Å². The molecular formula is C22H30N2O4S. The molecule has 1 N–H and O–H groups in total. The number of hydrogen-bond acceptors (Lipinski definition) is 4. The summed E-state index contributed by atoms with van der Waals surface area (Å²) in [6.07, 6.45) is 0.792. The minimum atomic E-state index is -3.60. The highest BCUT2D eigenvalue weighted by atomic mass is 32.2. The first kappa shape index (κ1) is 22.7. The van der Waals surface area contributed by atoms with Crippen molar-refractivity contribution in [1.82, 2.24) is 4.90 Å². The van der Waals surface area contributed by atoms with E-state index in [0.717, 1.165) is 28.8 Å². The van der Waals surface area contributed by atoms with Gasteiger partial charge in [0, 0.05) is 18.3 Å². The van der Waals surface area contributed by atoms with Crippen molar-refractivity contribution < 1.29 is 17.4 Å². The van der Waals surface area contributed by atoms with Crippen molar-refractivity contribution in [3.05, 3.63) is 59.2 Å². The van der Waals surface area contributed by atoms with Gasteiger partial charge in [0.15, 0.2) is 0 Å². The number of nitrogens with one attached hydrogen (secondary N) is 1. The second-order valence-corrected chi connectivity index (χ2v) is 9.00. The molecular weight excluding hydrogens is 388 g/mol. The fourth-order valence-corrected chi connectivity index (χ4v) is 3.33. The Morgan fingerprint density at radius 3 is 2.48 bits per heavy atom. The minimum absolute atomic E-state index is 0.00376. The molecule has 0 fully saturated rings. The van der Waals surface area contributed by atoms with Gasteiger partial charge < -0.3 is 14.4 Å². The Kier molecular flexibility index (Phi) is 7.67. The standard InChI is InChI=1S/C22H30N2O4S/c1-6-17(4)24(22(25)23-21-13-8-10-16(3)18(21)5)15-19-11-9-12-20(14-19)28-29(26,27)7-2/h8-14,17H,6-7,15H2,1-5H3,(H,23,25)/t17-/m1/s1. The Labute approximate surface area is 174 Å². The molecule has 2 amide bonds. The van der Waals surface area contributed by atoms with Crippen molar-refractivity contribution in [3.8, 4) is 5.75 Å². The largest absolute Gasteiger partial charge is 0.382 e. The summed E-state index contributed by atoms with van der Waals surface area (Å²) in [5.74, 6) is 0.150. The van der Waals surface area contributed by atoms with Gasteiger partial charge in [0.05, 0.1) is 5.75 Å². The Morgan fingerprint density at radius 2 is 1.83 bits per heavy atom. The molecule has 0 spiro atoms. The summed E-state index contributed by atoms with van der Waals surface area (Å²) in [5.41, 5.74) is 3.73. The van der Waals surface area contributed by atoms with Crippen molar-refractivity contribution in [2.24, 2.45) is 0 Å². The molecule has 6 nitrogen and oxygen atoms in total. The zero-order chi connectivity index (χ0) is 21.6. The van der Waals surface area contributed by atoms with Crippen LogP contribution in [0.2, 0.25) is 0 Å². The highest BCUT2D eigenvalue weighted by Crippen LogP contribution is 2.22. The number of carbonyl (C=O) groups is 1. The number of amides is 2. The zero-order valence-electron chi connectivity index (χ0n) is 17.7. The quantitative estimate of drug-likeness (QED) is 0.621. The molecule has 2 rings (SSSR count). The molecule has 2 aromatic rings. The number of urea groups is 1. The van der Waals surface area contributed by atoms with Crippen LogP contribution in [0.25, 0.3) is 0 Å². The van der Waals surface area contributed by atoms with E-state index in [9.17, 15) is 13.2 Å². The maximum absolute atomic E-state index is 13.0. The molecule has 2 aromatic carbocycles. The first-order chi connectivity index (χ1) is 13.7. The second kappa shape index (κ2) is 9.78. The van der Waals surface area contributed by atoms with Crippen molar-refractivity contribution in [2.45, 2.75) is 53.6 Å². The third-order valence-electron chi connectivity index (χ3n) is 5.06. The average molecular weight is 419 g/mol. The Balaban J connectivity index is 2.23. The summed E-state index contributed by atoms with van der Waals surface area (Å²) >= 11 is 0. The molecule has 0 unspecified atom stereocenters. The number of aryl methyl sites for hydroxylation is 1. The monoisotopic (exact) mass is 418 g/mol. The summed E-state index contributed by atoms with van der Waals surface area (Å²) in [6.45, 7) is 9.87. The third-order valence-corrected chi connectivity index (χ3v) is 6.21. The van der Waals surface area contributed by atoms with Gasteiger partial charge in [-0.15, -0.1) is 0 Å². The molecule has 0 aliphatic carbocycles. The van der Waals surface area contributed by atoms with Crippen LogP contribution in [-0.4, -0.2) is 31.1 Å². The van der Waals surface area contributed by atoms with E-state index >= 15 is 0 Å². The van der Waals surface area contributed by atoms with Gasteiger partial charge in [0.2, 0.25) is 0 Å². The maximum Gasteiger partial charge on any atom is 0.322 e. The molecule has 158 valence electrons. The highest BCUT2D eigenvalue weighted by Gasteiger charge is 2.21. The van der Waals surface area contributed by atoms with Crippen LogP contribution in [0.3, 0.4) is 0 Å². The first-order valence-corrected chi connectivity index (χ1v) is 11.4. The lowest BCUT2D eigenvalue weighted by atomic mass is 10.1. The number of carbonyl (C=O) groups excluding carboxylic acids is 1. The predicted molar refractivity (Wildman–Crippen MR) is 117 cm³/mol. The molecule has 0 saturated carbocycles. The number of benzene rings is 2. The number of nitrogens with zero attached hydrogens (tertiary/aromatic N) is 1. The van der Waals surface area contributed by atoms with Crippen LogP contribution in [-0.2, 0) is 16.7 Å². The lowest BCUT2D eigenvalue weighted by molar-refractivity contribution is 0.187. The van der Waals surface area contributed by atoms with E-state index in [0.29, 0.717) is 6.54 Å². The van der Waals surface area contributed by atoms with E-state index in [1.54, 1.807) is 23.1 Å². The van der Waals surface area contributed by atoms with Gasteiger partial charge >= 0.3 is 16.1 Å². The summed E-state index contributed by atoms with van der Waals surface area (Å²) in [6, 6.07) is 12.5. The van der Waals surface area contributed by atoms with Gasteiger partial charge in [-0.25, -0.2) is 4.79 Å². The lowest BCUT2D eigenvalue weighted by Crippen LogP contribution is -2.40. The Morgan fingerprint density at radius 1 is 1.14 bits per heavy atom. The topological polar surface area (TPSA) is 75.7 Å². The second-order valence-electron chi connectivity index (χ2n) is 7.14. The molecule has 0 saturated heterocycles. The van der Waals surface area contributed by atoms with Crippen LogP contribution >= 0.6 is 0 Å². The Hall–Kier alpha value is -2.54. The van der Waals surface area contributed by atoms with Gasteiger partial charge in [0.25, 0.3) is 0 Å². The van der Waals surface area contributed by atoms with E-state index < -0.39 is 10.1 Å². The smallest absolute Gasteiger partial charge is 0.322 e. The van der Waals surface area contributed by atoms with Crippen molar-refractivity contribution >= 4 is 21.8 Å². The number of anilines is 1. The van der Waals surface area contributed by atoms with Crippen molar-refractivity contribution in [1.29, 1.82) is 0 Å². The van der Waals surface area contributed by atoms with Gasteiger partial charge in [-0.2, -0.15) is 8.42 Å². The maximum atomic E-state index is 13.0. The molecule has 7 heteroatoms. The average Bonchev–Trinajstić information content (AvgIpc) is 2.69. The molecule has 0 aliphatic rings. The summed E-state index contributed by atoms with van der Waals surface area (Å²) in [5, 5.41) is 3.01. The SMILES string of the molecule is CC[C@@H](C)N(Cc1cccc(OS(=O)(=O)CC)c1)C(=O)Nc1cccc(C)c1C. The van der Waals surface area contributed by atoms with Crippen LogP contribution in [0, 0.1) is 13.8 Å². The van der Waals surface area contributed by atoms with E-state index in [1.165, 1.54) is 6.92 Å². The summed E-state index contributed by atoms with van der Waals surface area (Å²) in [7, 11) is -3.60. The van der Waals surface area contributed by atoms with Crippen molar-refractivity contribution in [3.63, 3.8) is 0 Å². The van der Waals surface area contributed by atoms with E-state index in [2.05, 4.69) is 5.32 Å².